The van der Waals surface area contributed by atoms with E-state index >= 15 is 0 Å². The van der Waals surface area contributed by atoms with Crippen molar-refractivity contribution < 1.29 is 13.9 Å². The number of amides is 1. The summed E-state index contributed by atoms with van der Waals surface area (Å²) in [5.74, 6) is 1.14. The van der Waals surface area contributed by atoms with Gasteiger partial charge in [0.1, 0.15) is 18.1 Å². The van der Waals surface area contributed by atoms with Crippen LogP contribution in [0.15, 0.2) is 53.1 Å². The Labute approximate surface area is 170 Å². The van der Waals surface area contributed by atoms with Gasteiger partial charge in [-0.25, -0.2) is 0 Å². The van der Waals surface area contributed by atoms with Crippen molar-refractivity contribution in [2.75, 3.05) is 5.32 Å². The molecule has 3 aromatic rings. The van der Waals surface area contributed by atoms with Gasteiger partial charge in [-0.05, 0) is 69.5 Å². The second-order valence-corrected chi connectivity index (χ2v) is 8.54. The minimum absolute atomic E-state index is 0.145. The zero-order chi connectivity index (χ0) is 20.4. The summed E-state index contributed by atoms with van der Waals surface area (Å²) in [5.41, 5.74) is 3.08. The van der Waals surface area contributed by atoms with Crippen molar-refractivity contribution in [1.29, 1.82) is 0 Å². The Morgan fingerprint density at radius 3 is 2.72 bits per heavy atom. The highest BCUT2D eigenvalue weighted by Gasteiger charge is 2.31. The van der Waals surface area contributed by atoms with Gasteiger partial charge in [0, 0.05) is 11.6 Å². The van der Waals surface area contributed by atoms with Crippen LogP contribution in [0.4, 0.5) is 5.69 Å². The number of rotatable bonds is 7. The van der Waals surface area contributed by atoms with E-state index in [0.717, 1.165) is 35.5 Å². The first kappa shape index (κ1) is 19.5. The fraction of sp³-hybridized carbons (Fsp3) is 0.391. The molecule has 2 heterocycles. The molecule has 152 valence electrons. The molecule has 0 radical (unpaired) electrons. The van der Waals surface area contributed by atoms with E-state index in [2.05, 4.69) is 26.1 Å². The maximum atomic E-state index is 13.0. The van der Waals surface area contributed by atoms with Gasteiger partial charge in [0.05, 0.1) is 24.1 Å². The third kappa shape index (κ3) is 4.77. The van der Waals surface area contributed by atoms with Crippen molar-refractivity contribution in [3.05, 3.63) is 71.4 Å². The van der Waals surface area contributed by atoms with Gasteiger partial charge in [0.25, 0.3) is 5.91 Å². The molecule has 1 saturated carbocycles. The highest BCUT2D eigenvalue weighted by atomic mass is 16.5. The van der Waals surface area contributed by atoms with Gasteiger partial charge in [-0.3, -0.25) is 9.48 Å². The maximum Gasteiger partial charge on any atom is 0.273 e. The molecule has 0 saturated heterocycles. The first-order chi connectivity index (χ1) is 13.9. The standard InChI is InChI=1S/C23H27N3O3/c1-23(2,3)26-21(13-20(25-26)17-9-10-17)22(27)24-18-7-4-6-16(12-18)14-28-15-19-8-5-11-29-19/h4-8,11-13,17H,9-10,14-15H2,1-3H3,(H,24,27). The number of nitrogens with zero attached hydrogens (tertiary/aromatic N) is 2. The molecule has 0 aliphatic heterocycles. The fourth-order valence-electron chi connectivity index (χ4n) is 3.25. The Bertz CT molecular complexity index is 979. The highest BCUT2D eigenvalue weighted by Crippen LogP contribution is 2.40. The van der Waals surface area contributed by atoms with Gasteiger partial charge in [-0.2, -0.15) is 5.10 Å². The van der Waals surface area contributed by atoms with Crippen LogP contribution in [-0.4, -0.2) is 15.7 Å². The number of hydrogen-bond acceptors (Lipinski definition) is 4. The van der Waals surface area contributed by atoms with E-state index in [0.29, 0.717) is 24.8 Å². The Hall–Kier alpha value is -2.86. The van der Waals surface area contributed by atoms with E-state index in [1.807, 2.05) is 47.1 Å². The molecular weight excluding hydrogens is 366 g/mol. The Balaban J connectivity index is 1.44. The Kier molecular flexibility index (Phi) is 5.28. The molecule has 1 N–H and O–H groups in total. The number of carbonyl (C=O) groups excluding carboxylic acids is 1. The van der Waals surface area contributed by atoms with E-state index < -0.39 is 0 Å². The predicted octanol–water partition coefficient (Wildman–Crippen LogP) is 5.08. The lowest BCUT2D eigenvalue weighted by Gasteiger charge is -2.22. The minimum atomic E-state index is -0.263. The summed E-state index contributed by atoms with van der Waals surface area (Å²) in [5, 5.41) is 7.73. The lowest BCUT2D eigenvalue weighted by atomic mass is 10.1. The molecule has 6 nitrogen and oxygen atoms in total. The monoisotopic (exact) mass is 393 g/mol. The molecule has 1 aliphatic carbocycles. The molecule has 0 unspecified atom stereocenters. The van der Waals surface area contributed by atoms with Gasteiger partial charge in [0.2, 0.25) is 0 Å². The first-order valence-corrected chi connectivity index (χ1v) is 10.0. The number of hydrogen-bond donors (Lipinski definition) is 1. The lowest BCUT2D eigenvalue weighted by molar-refractivity contribution is 0.0929. The predicted molar refractivity (Wildman–Crippen MR) is 111 cm³/mol. The van der Waals surface area contributed by atoms with E-state index in [9.17, 15) is 4.79 Å². The van der Waals surface area contributed by atoms with E-state index in [1.54, 1.807) is 6.26 Å². The van der Waals surface area contributed by atoms with Crippen molar-refractivity contribution in [2.45, 2.75) is 58.3 Å². The van der Waals surface area contributed by atoms with Crippen LogP contribution in [0.2, 0.25) is 0 Å². The molecule has 1 fully saturated rings. The van der Waals surface area contributed by atoms with E-state index in [-0.39, 0.29) is 11.4 Å². The molecule has 1 aliphatic rings. The third-order valence-electron chi connectivity index (χ3n) is 4.87. The third-order valence-corrected chi connectivity index (χ3v) is 4.87. The van der Waals surface area contributed by atoms with Gasteiger partial charge < -0.3 is 14.5 Å². The summed E-state index contributed by atoms with van der Waals surface area (Å²) < 4.78 is 12.8. The van der Waals surface area contributed by atoms with Crippen LogP contribution in [0.5, 0.6) is 0 Å². The lowest BCUT2D eigenvalue weighted by Crippen LogP contribution is -2.29. The second-order valence-electron chi connectivity index (χ2n) is 8.54. The molecule has 0 bridgehead atoms. The molecule has 2 aromatic heterocycles. The number of ether oxygens (including phenoxy) is 1. The van der Waals surface area contributed by atoms with Crippen LogP contribution < -0.4 is 5.32 Å². The fourth-order valence-corrected chi connectivity index (χ4v) is 3.25. The normalized spacial score (nSPS) is 14.2. The molecular formula is C23H27N3O3. The summed E-state index contributed by atoms with van der Waals surface area (Å²) in [7, 11) is 0. The summed E-state index contributed by atoms with van der Waals surface area (Å²) >= 11 is 0. The van der Waals surface area contributed by atoms with Crippen LogP contribution in [0.25, 0.3) is 0 Å². The quantitative estimate of drug-likeness (QED) is 0.608. The topological polar surface area (TPSA) is 69.3 Å². The summed E-state index contributed by atoms with van der Waals surface area (Å²) in [6, 6.07) is 13.4. The number of furan rings is 1. The minimum Gasteiger partial charge on any atom is -0.467 e. The average Bonchev–Trinajstić information content (AvgIpc) is 3.19. The van der Waals surface area contributed by atoms with Crippen LogP contribution in [0.1, 0.15) is 67.0 Å². The van der Waals surface area contributed by atoms with Crippen LogP contribution in [-0.2, 0) is 23.5 Å². The van der Waals surface area contributed by atoms with Crippen molar-refractivity contribution >= 4 is 11.6 Å². The van der Waals surface area contributed by atoms with Crippen molar-refractivity contribution in [1.82, 2.24) is 9.78 Å². The Morgan fingerprint density at radius 2 is 2.03 bits per heavy atom. The highest BCUT2D eigenvalue weighted by molar-refractivity contribution is 6.03. The van der Waals surface area contributed by atoms with Crippen LogP contribution in [0, 0.1) is 0 Å². The average molecular weight is 393 g/mol. The van der Waals surface area contributed by atoms with Gasteiger partial charge in [0.15, 0.2) is 0 Å². The first-order valence-electron chi connectivity index (χ1n) is 10.0. The molecule has 29 heavy (non-hydrogen) atoms. The SMILES string of the molecule is CC(C)(C)n1nc(C2CC2)cc1C(=O)Nc1cccc(COCc2ccco2)c1. The molecule has 0 atom stereocenters. The van der Waals surface area contributed by atoms with Crippen molar-refractivity contribution in [2.24, 2.45) is 0 Å². The van der Waals surface area contributed by atoms with E-state index in [1.165, 1.54) is 0 Å². The molecule has 1 aromatic carbocycles. The van der Waals surface area contributed by atoms with Crippen molar-refractivity contribution in [3.63, 3.8) is 0 Å². The largest absolute Gasteiger partial charge is 0.467 e. The van der Waals surface area contributed by atoms with Gasteiger partial charge in [-0.15, -0.1) is 0 Å². The van der Waals surface area contributed by atoms with Gasteiger partial charge in [-0.1, -0.05) is 12.1 Å². The number of nitrogens with one attached hydrogen (secondary N) is 1. The van der Waals surface area contributed by atoms with E-state index in [4.69, 9.17) is 14.3 Å². The zero-order valence-electron chi connectivity index (χ0n) is 17.1. The van der Waals surface area contributed by atoms with Crippen LogP contribution in [0.3, 0.4) is 0 Å². The van der Waals surface area contributed by atoms with Crippen molar-refractivity contribution in [3.8, 4) is 0 Å². The second kappa shape index (κ2) is 7.87. The molecule has 0 spiro atoms. The summed E-state index contributed by atoms with van der Waals surface area (Å²) in [6.07, 6.45) is 3.94. The maximum absolute atomic E-state index is 13.0. The zero-order valence-corrected chi connectivity index (χ0v) is 17.1. The molecule has 1 amide bonds. The number of anilines is 1. The number of carbonyl (C=O) groups is 1. The Morgan fingerprint density at radius 1 is 1.21 bits per heavy atom. The number of benzene rings is 1. The number of aromatic nitrogens is 2. The smallest absolute Gasteiger partial charge is 0.273 e. The molecule has 6 heteroatoms. The summed E-state index contributed by atoms with van der Waals surface area (Å²) in [4.78, 5) is 13.0. The summed E-state index contributed by atoms with van der Waals surface area (Å²) in [6.45, 7) is 7.04. The van der Waals surface area contributed by atoms with Gasteiger partial charge >= 0.3 is 0 Å². The molecule has 4 rings (SSSR count). The van der Waals surface area contributed by atoms with Crippen LogP contribution >= 0.6 is 0 Å².